The molecule has 0 radical (unpaired) electrons. The van der Waals surface area contributed by atoms with E-state index in [1.807, 2.05) is 86.4 Å². The van der Waals surface area contributed by atoms with Crippen molar-refractivity contribution in [3.05, 3.63) is 88.5 Å². The molecule has 2 saturated heterocycles. The second-order valence-corrected chi connectivity index (χ2v) is 12.5. The number of carbonyl (C=O) groups is 1. The van der Waals surface area contributed by atoms with Gasteiger partial charge in [-0.15, -0.1) is 0 Å². The number of hydrogen-bond donors (Lipinski definition) is 1. The predicted octanol–water partition coefficient (Wildman–Crippen LogP) is 6.90. The van der Waals surface area contributed by atoms with Crippen LogP contribution in [0, 0.1) is 5.92 Å². The third-order valence-electron chi connectivity index (χ3n) is 9.15. The Hall–Kier alpha value is -3.06. The highest BCUT2D eigenvalue weighted by Crippen LogP contribution is 2.53. The Kier molecular flexibility index (Phi) is 7.29. The molecule has 0 saturated carbocycles. The molecule has 216 valence electrons. The second-order valence-electron chi connectivity index (χ2n) is 12.1. The van der Waals surface area contributed by atoms with Crippen molar-refractivity contribution in [3.8, 4) is 11.5 Å². The zero-order chi connectivity index (χ0) is 28.9. The largest absolute Gasteiger partial charge is 0.493 e. The molecule has 7 heteroatoms. The molecule has 6 nitrogen and oxygen atoms in total. The minimum atomic E-state index is -1.12. The van der Waals surface area contributed by atoms with E-state index in [9.17, 15) is 9.90 Å². The normalized spacial score (nSPS) is 28.4. The summed E-state index contributed by atoms with van der Waals surface area (Å²) in [5.74, 6) is 1.11. The van der Waals surface area contributed by atoms with Gasteiger partial charge < -0.3 is 24.2 Å². The molecule has 0 aromatic heterocycles. The van der Waals surface area contributed by atoms with Gasteiger partial charge in [-0.05, 0) is 99.6 Å². The molecule has 1 aliphatic carbocycles. The van der Waals surface area contributed by atoms with Crippen molar-refractivity contribution in [2.45, 2.75) is 82.3 Å². The van der Waals surface area contributed by atoms with E-state index >= 15 is 0 Å². The summed E-state index contributed by atoms with van der Waals surface area (Å²) in [6.07, 6.45) is 13.9. The monoisotopic (exact) mass is 575 g/mol. The Bertz CT molecular complexity index is 1420. The molecule has 1 amide bonds. The number of anilines is 1. The van der Waals surface area contributed by atoms with Gasteiger partial charge in [0.1, 0.15) is 11.2 Å². The number of aliphatic hydroxyl groups is 1. The summed E-state index contributed by atoms with van der Waals surface area (Å²) in [6, 6.07) is 11.4. The molecule has 0 spiro atoms. The molecule has 2 bridgehead atoms. The number of hydrogen-bond acceptors (Lipinski definition) is 5. The van der Waals surface area contributed by atoms with Crippen molar-refractivity contribution in [3.63, 3.8) is 0 Å². The molecule has 3 heterocycles. The van der Waals surface area contributed by atoms with Crippen LogP contribution >= 0.6 is 11.6 Å². The standard InChI is InChI=1S/C34H38ClNO5/c1-21(2)40-30-20-28-23(18-29(30)39-4)19-31(37)36(32(28)22-6-5-7-25(35)11-8-22)26-12-9-24(10-13-26)33(3,38)34-16-14-27(41-34)15-17-34/h5-13,18,20-22,27,32,38H,14-17,19H2,1-4H3. The van der Waals surface area contributed by atoms with Crippen molar-refractivity contribution in [2.24, 2.45) is 5.92 Å². The molecule has 2 aromatic carbocycles. The first-order chi connectivity index (χ1) is 19.6. The van der Waals surface area contributed by atoms with Crippen molar-refractivity contribution in [2.75, 3.05) is 12.0 Å². The first-order valence-corrected chi connectivity index (χ1v) is 14.9. The first-order valence-electron chi connectivity index (χ1n) is 14.5. The van der Waals surface area contributed by atoms with E-state index in [0.29, 0.717) is 16.5 Å². The number of amides is 1. The van der Waals surface area contributed by atoms with Gasteiger partial charge in [0.05, 0.1) is 31.8 Å². The molecule has 1 N–H and O–H groups in total. The summed E-state index contributed by atoms with van der Waals surface area (Å²) in [7, 11) is 1.62. The van der Waals surface area contributed by atoms with Gasteiger partial charge in [-0.3, -0.25) is 4.79 Å². The molecule has 41 heavy (non-hydrogen) atoms. The molecule has 3 unspecified atom stereocenters. The van der Waals surface area contributed by atoms with Crippen LogP contribution in [0.1, 0.15) is 69.2 Å². The van der Waals surface area contributed by atoms with Gasteiger partial charge in [0.2, 0.25) is 5.91 Å². The molecule has 3 atom stereocenters. The Morgan fingerprint density at radius 3 is 2.49 bits per heavy atom. The summed E-state index contributed by atoms with van der Waals surface area (Å²) in [5.41, 5.74) is 1.82. The molecular formula is C34H38ClNO5. The second kappa shape index (κ2) is 10.6. The fourth-order valence-corrected chi connectivity index (χ4v) is 7.16. The molecule has 2 aromatic rings. The lowest BCUT2D eigenvalue weighted by Gasteiger charge is -2.42. The smallest absolute Gasteiger partial charge is 0.232 e. The quantitative estimate of drug-likeness (QED) is 0.389. The molecule has 2 fully saturated rings. The van der Waals surface area contributed by atoms with E-state index in [0.717, 1.165) is 48.1 Å². The van der Waals surface area contributed by atoms with Gasteiger partial charge in [-0.2, -0.15) is 0 Å². The van der Waals surface area contributed by atoms with E-state index in [-0.39, 0.29) is 36.5 Å². The maximum atomic E-state index is 13.9. The van der Waals surface area contributed by atoms with E-state index < -0.39 is 11.2 Å². The number of methoxy groups -OCH3 is 1. The SMILES string of the molecule is COc1cc2c(cc1OC(C)C)C(C1C=CC=C(Cl)C=C1)N(c1ccc(C(C)(O)C34CCC(CC3)O4)cc1)C(=O)C2. The number of halogens is 1. The number of carbonyl (C=O) groups excluding carboxylic acids is 1. The topological polar surface area (TPSA) is 68.2 Å². The van der Waals surface area contributed by atoms with Crippen LogP contribution in [-0.2, 0) is 21.6 Å². The minimum Gasteiger partial charge on any atom is -0.493 e. The van der Waals surface area contributed by atoms with Gasteiger partial charge >= 0.3 is 0 Å². The third kappa shape index (κ3) is 4.90. The maximum absolute atomic E-state index is 13.9. The van der Waals surface area contributed by atoms with Gasteiger partial charge in [-0.1, -0.05) is 42.0 Å². The highest BCUT2D eigenvalue weighted by atomic mass is 35.5. The predicted molar refractivity (Wildman–Crippen MR) is 160 cm³/mol. The summed E-state index contributed by atoms with van der Waals surface area (Å²) >= 11 is 6.34. The maximum Gasteiger partial charge on any atom is 0.232 e. The lowest BCUT2D eigenvalue weighted by atomic mass is 9.73. The first kappa shape index (κ1) is 28.1. The van der Waals surface area contributed by atoms with E-state index in [4.69, 9.17) is 25.8 Å². The average Bonchev–Trinajstić information content (AvgIpc) is 3.51. The number of fused-ring (bicyclic) bond motifs is 3. The Morgan fingerprint density at radius 1 is 1.12 bits per heavy atom. The lowest BCUT2D eigenvalue weighted by molar-refractivity contribution is -0.146. The van der Waals surface area contributed by atoms with Crippen molar-refractivity contribution < 1.29 is 24.1 Å². The Labute approximate surface area is 247 Å². The summed E-state index contributed by atoms with van der Waals surface area (Å²) < 4.78 is 18.1. The molecule has 4 aliphatic rings. The van der Waals surface area contributed by atoms with Gasteiger partial charge in [0.15, 0.2) is 11.5 Å². The molecule has 3 aliphatic heterocycles. The van der Waals surface area contributed by atoms with Crippen LogP contribution in [0.4, 0.5) is 5.69 Å². The van der Waals surface area contributed by atoms with Crippen LogP contribution in [0.5, 0.6) is 11.5 Å². The molecular weight excluding hydrogens is 538 g/mol. The van der Waals surface area contributed by atoms with Crippen molar-refractivity contribution in [1.29, 1.82) is 0 Å². The fourth-order valence-electron chi connectivity index (χ4n) is 7.01. The zero-order valence-corrected chi connectivity index (χ0v) is 24.9. The van der Waals surface area contributed by atoms with Crippen LogP contribution in [0.25, 0.3) is 0 Å². The van der Waals surface area contributed by atoms with E-state index in [1.165, 1.54) is 0 Å². The average molecular weight is 576 g/mol. The third-order valence-corrected chi connectivity index (χ3v) is 9.41. The summed E-state index contributed by atoms with van der Waals surface area (Å²) in [4.78, 5) is 15.8. The zero-order valence-electron chi connectivity index (χ0n) is 24.1. The van der Waals surface area contributed by atoms with Crippen LogP contribution in [-0.4, -0.2) is 35.9 Å². The number of benzene rings is 2. The minimum absolute atomic E-state index is 0.0111. The summed E-state index contributed by atoms with van der Waals surface area (Å²) in [6.45, 7) is 5.83. The van der Waals surface area contributed by atoms with Crippen LogP contribution < -0.4 is 14.4 Å². The number of rotatable bonds is 7. The highest BCUT2D eigenvalue weighted by Gasteiger charge is 2.57. The number of ether oxygens (including phenoxy) is 3. The number of allylic oxidation sites excluding steroid dienone is 4. The Morgan fingerprint density at radius 2 is 1.85 bits per heavy atom. The Balaban J connectivity index is 1.42. The number of nitrogens with zero attached hydrogens (tertiary/aromatic N) is 1. The fraction of sp³-hybridized carbons (Fsp3) is 0.441. The van der Waals surface area contributed by atoms with Crippen LogP contribution in [0.15, 0.2) is 71.8 Å². The van der Waals surface area contributed by atoms with Crippen molar-refractivity contribution in [1.82, 2.24) is 0 Å². The van der Waals surface area contributed by atoms with E-state index in [1.54, 1.807) is 7.11 Å². The van der Waals surface area contributed by atoms with Gasteiger partial charge in [0.25, 0.3) is 0 Å². The van der Waals surface area contributed by atoms with Gasteiger partial charge in [0, 0.05) is 16.6 Å². The van der Waals surface area contributed by atoms with Crippen LogP contribution in [0.2, 0.25) is 0 Å². The lowest BCUT2D eigenvalue weighted by Crippen LogP contribution is -2.48. The van der Waals surface area contributed by atoms with E-state index in [2.05, 4.69) is 6.08 Å². The summed E-state index contributed by atoms with van der Waals surface area (Å²) in [5, 5.41) is 12.4. The highest BCUT2D eigenvalue weighted by molar-refractivity contribution is 6.31. The van der Waals surface area contributed by atoms with Crippen molar-refractivity contribution >= 4 is 23.2 Å². The molecule has 6 rings (SSSR count). The van der Waals surface area contributed by atoms with Crippen LogP contribution in [0.3, 0.4) is 0 Å². The van der Waals surface area contributed by atoms with Gasteiger partial charge in [-0.25, -0.2) is 0 Å².